The molecule has 230 valence electrons. The molecule has 1 aliphatic carbocycles. The number of aliphatic hydroxyl groups excluding tert-OH is 5. The number of hydrogen-bond acceptors (Lipinski definition) is 7. The Kier molecular flexibility index (Phi) is 13.1. The molecule has 0 heterocycles. The van der Waals surface area contributed by atoms with Crippen molar-refractivity contribution in [2.24, 2.45) is 21.7 Å². The van der Waals surface area contributed by atoms with Gasteiger partial charge in [0.2, 0.25) is 5.91 Å². The Morgan fingerprint density at radius 2 is 1.49 bits per heavy atom. The number of nitrogens with one attached hydrogen (secondary N) is 1. The average Bonchev–Trinajstić information content (AvgIpc) is 2.71. The van der Waals surface area contributed by atoms with E-state index in [4.69, 9.17) is 4.74 Å². The lowest BCUT2D eigenvalue weighted by atomic mass is 9.71. The molecule has 0 spiro atoms. The van der Waals surface area contributed by atoms with E-state index in [0.29, 0.717) is 12.8 Å². The molecule has 0 aliphatic heterocycles. The SMILES string of the molecule is CC(C)(C)CC(C)(C)CC(=O)NC(COC1C=CCCC(O)C(O)C1O)C(O)CC(O)C(C)(C)CC(C)(C)C. The summed E-state index contributed by atoms with van der Waals surface area (Å²) >= 11 is 0. The van der Waals surface area contributed by atoms with Gasteiger partial charge >= 0.3 is 0 Å². The van der Waals surface area contributed by atoms with E-state index in [1.165, 1.54) is 0 Å². The number of allylic oxidation sites excluding steroid dienone is 1. The van der Waals surface area contributed by atoms with Gasteiger partial charge in [-0.25, -0.2) is 0 Å². The minimum Gasteiger partial charge on any atom is -0.392 e. The molecule has 0 saturated heterocycles. The van der Waals surface area contributed by atoms with E-state index in [0.717, 1.165) is 12.8 Å². The van der Waals surface area contributed by atoms with Crippen LogP contribution in [0.25, 0.3) is 0 Å². The highest BCUT2D eigenvalue weighted by Gasteiger charge is 2.37. The standard InChI is InChI=1S/C31H59NO7/c1-28(2,3)18-30(7,8)16-25(36)32-20(22(34)15-24(35)31(9,10)19-29(4,5)6)17-39-23-14-12-11-13-21(33)26(37)27(23)38/h12,14,20-24,26-27,33-35,37-38H,11,13,15-19H2,1-10H3,(H,32,36). The van der Waals surface area contributed by atoms with Crippen LogP contribution in [0.15, 0.2) is 12.2 Å². The quantitative estimate of drug-likeness (QED) is 0.201. The third-order valence-electron chi connectivity index (χ3n) is 7.32. The van der Waals surface area contributed by atoms with Crippen molar-refractivity contribution in [3.05, 3.63) is 12.2 Å². The lowest BCUT2D eigenvalue weighted by Crippen LogP contribution is -2.51. The highest BCUT2D eigenvalue weighted by molar-refractivity contribution is 5.77. The van der Waals surface area contributed by atoms with Crippen molar-refractivity contribution in [1.82, 2.24) is 5.32 Å². The monoisotopic (exact) mass is 557 g/mol. The van der Waals surface area contributed by atoms with Crippen LogP contribution in [0, 0.1) is 21.7 Å². The molecule has 7 unspecified atom stereocenters. The number of aliphatic hydroxyl groups is 5. The highest BCUT2D eigenvalue weighted by atomic mass is 16.5. The number of ether oxygens (including phenoxy) is 1. The summed E-state index contributed by atoms with van der Waals surface area (Å²) in [4.78, 5) is 13.2. The third-order valence-corrected chi connectivity index (χ3v) is 7.32. The summed E-state index contributed by atoms with van der Waals surface area (Å²) in [6.07, 6.45) is -0.581. The van der Waals surface area contributed by atoms with Gasteiger partial charge in [-0.05, 0) is 47.3 Å². The van der Waals surface area contributed by atoms with Crippen LogP contribution < -0.4 is 5.32 Å². The van der Waals surface area contributed by atoms with Crippen molar-refractivity contribution in [3.8, 4) is 0 Å². The first kappa shape index (κ1) is 36.0. The van der Waals surface area contributed by atoms with Gasteiger partial charge in [0.1, 0.15) is 18.3 Å². The highest BCUT2D eigenvalue weighted by Crippen LogP contribution is 2.38. The zero-order valence-corrected chi connectivity index (χ0v) is 26.2. The molecule has 0 aromatic rings. The van der Waals surface area contributed by atoms with Crippen molar-refractivity contribution in [3.63, 3.8) is 0 Å². The molecular weight excluding hydrogens is 498 g/mol. The summed E-state index contributed by atoms with van der Waals surface area (Å²) in [5, 5.41) is 56.2. The molecule has 6 N–H and O–H groups in total. The maximum atomic E-state index is 13.2. The second kappa shape index (κ2) is 14.2. The maximum Gasteiger partial charge on any atom is 0.220 e. The summed E-state index contributed by atoms with van der Waals surface area (Å²) in [6, 6.07) is -0.851. The lowest BCUT2D eigenvalue weighted by molar-refractivity contribution is -0.130. The Morgan fingerprint density at radius 1 is 0.923 bits per heavy atom. The second-order valence-electron chi connectivity index (χ2n) is 15.6. The van der Waals surface area contributed by atoms with Gasteiger partial charge in [0.15, 0.2) is 0 Å². The van der Waals surface area contributed by atoms with E-state index in [2.05, 4.69) is 46.9 Å². The third kappa shape index (κ3) is 13.5. The minimum atomic E-state index is -1.38. The van der Waals surface area contributed by atoms with E-state index < -0.39 is 48.1 Å². The van der Waals surface area contributed by atoms with E-state index >= 15 is 0 Å². The lowest BCUT2D eigenvalue weighted by Gasteiger charge is -2.38. The largest absolute Gasteiger partial charge is 0.392 e. The average molecular weight is 558 g/mol. The van der Waals surface area contributed by atoms with Gasteiger partial charge in [0, 0.05) is 12.8 Å². The first-order valence-electron chi connectivity index (χ1n) is 14.5. The number of amides is 1. The molecule has 0 radical (unpaired) electrons. The van der Waals surface area contributed by atoms with Crippen molar-refractivity contribution < 1.29 is 35.1 Å². The van der Waals surface area contributed by atoms with Gasteiger partial charge in [-0.2, -0.15) is 0 Å². The smallest absolute Gasteiger partial charge is 0.220 e. The summed E-state index contributed by atoms with van der Waals surface area (Å²) < 4.78 is 5.93. The van der Waals surface area contributed by atoms with E-state index in [-0.39, 0.29) is 41.6 Å². The van der Waals surface area contributed by atoms with Crippen LogP contribution in [0.3, 0.4) is 0 Å². The summed E-state index contributed by atoms with van der Waals surface area (Å²) in [6.45, 7) is 20.6. The van der Waals surface area contributed by atoms with Gasteiger partial charge in [0.25, 0.3) is 0 Å². The van der Waals surface area contributed by atoms with Crippen LogP contribution in [0.1, 0.15) is 108 Å². The zero-order chi connectivity index (χ0) is 30.4. The Balaban J connectivity index is 3.08. The van der Waals surface area contributed by atoms with Gasteiger partial charge in [-0.1, -0.05) is 81.4 Å². The Labute approximate surface area is 237 Å². The predicted molar refractivity (Wildman–Crippen MR) is 155 cm³/mol. The molecule has 8 heteroatoms. The van der Waals surface area contributed by atoms with E-state index in [1.807, 2.05) is 27.7 Å². The van der Waals surface area contributed by atoms with Gasteiger partial charge < -0.3 is 35.6 Å². The Morgan fingerprint density at radius 3 is 2.03 bits per heavy atom. The van der Waals surface area contributed by atoms with Gasteiger partial charge in [-0.15, -0.1) is 0 Å². The van der Waals surface area contributed by atoms with E-state index in [9.17, 15) is 30.3 Å². The summed E-state index contributed by atoms with van der Waals surface area (Å²) in [7, 11) is 0. The Bertz CT molecular complexity index is 781. The Hall–Kier alpha value is -1.03. The molecule has 1 amide bonds. The minimum absolute atomic E-state index is 0.0170. The van der Waals surface area contributed by atoms with Crippen LogP contribution in [0.5, 0.6) is 0 Å². The number of rotatable bonds is 12. The van der Waals surface area contributed by atoms with Crippen molar-refractivity contribution in [2.45, 2.75) is 150 Å². The summed E-state index contributed by atoms with van der Waals surface area (Å²) in [5.41, 5.74) is -0.717. The van der Waals surface area contributed by atoms with Crippen LogP contribution in [-0.4, -0.2) is 80.7 Å². The molecule has 8 nitrogen and oxygen atoms in total. The first-order valence-corrected chi connectivity index (χ1v) is 14.5. The normalized spacial score (nSPS) is 25.9. The van der Waals surface area contributed by atoms with Crippen LogP contribution >= 0.6 is 0 Å². The van der Waals surface area contributed by atoms with Crippen molar-refractivity contribution in [1.29, 1.82) is 0 Å². The van der Waals surface area contributed by atoms with Gasteiger partial charge in [0.05, 0.1) is 31.0 Å². The van der Waals surface area contributed by atoms with Crippen molar-refractivity contribution >= 4 is 5.91 Å². The van der Waals surface area contributed by atoms with E-state index in [1.54, 1.807) is 12.2 Å². The van der Waals surface area contributed by atoms with Crippen LogP contribution in [0.4, 0.5) is 0 Å². The number of carbonyl (C=O) groups excluding carboxylic acids is 1. The molecule has 0 aromatic heterocycles. The first-order chi connectivity index (χ1) is 17.5. The van der Waals surface area contributed by atoms with Crippen LogP contribution in [-0.2, 0) is 9.53 Å². The topological polar surface area (TPSA) is 139 Å². The second-order valence-corrected chi connectivity index (χ2v) is 15.6. The molecule has 7 atom stereocenters. The van der Waals surface area contributed by atoms with Crippen LogP contribution in [0.2, 0.25) is 0 Å². The molecule has 0 aromatic carbocycles. The number of hydrogen-bond donors (Lipinski definition) is 6. The fourth-order valence-corrected chi connectivity index (χ4v) is 6.21. The fourth-order valence-electron chi connectivity index (χ4n) is 6.21. The molecule has 0 bridgehead atoms. The molecule has 0 saturated carbocycles. The zero-order valence-electron chi connectivity index (χ0n) is 26.2. The molecule has 0 fully saturated rings. The molecule has 1 aliphatic rings. The molecule has 39 heavy (non-hydrogen) atoms. The number of carbonyl (C=O) groups is 1. The predicted octanol–water partition coefficient (Wildman–Crippen LogP) is 3.72. The molecular formula is C31H59NO7. The summed E-state index contributed by atoms with van der Waals surface area (Å²) in [5.74, 6) is -0.232. The van der Waals surface area contributed by atoms with Crippen molar-refractivity contribution in [2.75, 3.05) is 6.61 Å². The fraction of sp³-hybridized carbons (Fsp3) is 0.903. The molecule has 1 rings (SSSR count). The maximum absolute atomic E-state index is 13.2. The van der Waals surface area contributed by atoms with Gasteiger partial charge in [-0.3, -0.25) is 4.79 Å².